The summed E-state index contributed by atoms with van der Waals surface area (Å²) in [6, 6.07) is 24.1. The van der Waals surface area contributed by atoms with Crippen LogP contribution in [0.25, 0.3) is 11.1 Å². The van der Waals surface area contributed by atoms with Gasteiger partial charge in [0.05, 0.1) is 0 Å². The molecule has 5 rings (SSSR count). The van der Waals surface area contributed by atoms with Gasteiger partial charge < -0.3 is 4.74 Å². The van der Waals surface area contributed by atoms with Crippen LogP contribution in [0.4, 0.5) is 4.39 Å². The van der Waals surface area contributed by atoms with E-state index in [0.29, 0.717) is 18.3 Å². The van der Waals surface area contributed by atoms with E-state index in [1.165, 1.54) is 76.2 Å². The van der Waals surface area contributed by atoms with Crippen LogP contribution in [0.5, 0.6) is 5.75 Å². The molecule has 3 aromatic rings. The van der Waals surface area contributed by atoms with Gasteiger partial charge in [0, 0.05) is 0 Å². The molecule has 37 heavy (non-hydrogen) atoms. The van der Waals surface area contributed by atoms with Crippen molar-refractivity contribution in [2.24, 2.45) is 17.8 Å². The third-order valence-electron chi connectivity index (χ3n) is 9.07. The molecule has 0 radical (unpaired) electrons. The van der Waals surface area contributed by atoms with Gasteiger partial charge in [0.2, 0.25) is 0 Å². The Hall–Kier alpha value is -2.61. The van der Waals surface area contributed by atoms with E-state index in [0.717, 1.165) is 34.4 Å². The predicted molar refractivity (Wildman–Crippen MR) is 152 cm³/mol. The van der Waals surface area contributed by atoms with Crippen molar-refractivity contribution in [2.45, 2.75) is 90.1 Å². The van der Waals surface area contributed by atoms with Gasteiger partial charge in [0.25, 0.3) is 0 Å². The fourth-order valence-corrected chi connectivity index (χ4v) is 6.89. The molecule has 3 aromatic carbocycles. The maximum Gasteiger partial charge on any atom is 0.165 e. The molecule has 2 saturated carbocycles. The molecule has 2 fully saturated rings. The molecule has 196 valence electrons. The van der Waals surface area contributed by atoms with Gasteiger partial charge in [-0.3, -0.25) is 0 Å². The first-order chi connectivity index (χ1) is 18.2. The third kappa shape index (κ3) is 6.83. The molecule has 0 heterocycles. The highest BCUT2D eigenvalue weighted by atomic mass is 19.1. The van der Waals surface area contributed by atoms with E-state index < -0.39 is 0 Å². The van der Waals surface area contributed by atoms with Gasteiger partial charge in [-0.15, -0.1) is 0 Å². The molecule has 1 nitrogen and oxygen atoms in total. The molecule has 0 aromatic heterocycles. The number of hydrogen-bond donors (Lipinski definition) is 0. The summed E-state index contributed by atoms with van der Waals surface area (Å²) in [5.41, 5.74) is 4.46. The minimum absolute atomic E-state index is 0.302. The maximum atomic E-state index is 14.8. The molecule has 2 heteroatoms. The zero-order valence-electron chi connectivity index (χ0n) is 22.5. The molecule has 0 aliphatic heterocycles. The molecular formula is C35H43FO. The Morgan fingerprint density at radius 2 is 1.51 bits per heavy atom. The van der Waals surface area contributed by atoms with Crippen LogP contribution >= 0.6 is 0 Å². The highest BCUT2D eigenvalue weighted by Crippen LogP contribution is 2.48. The van der Waals surface area contributed by atoms with Crippen LogP contribution in [-0.4, -0.2) is 0 Å². The molecule has 0 amide bonds. The number of unbranched alkanes of at least 4 members (excludes halogenated alkanes) is 3. The standard InChI is InChI=1S/C35H43FO/c1-2-3-4-6-9-26-12-13-32-23-31(19-18-30(32)22-26)28-14-16-29(17-15-28)33-20-21-35(34(36)24-33)37-25-27-10-7-5-8-11-27/h5,7-8,10-11,14-17,20-21,24,26,30-32H,2-4,6,9,12-13,18-19,22-23,25H2,1H3/t26?,30-,31-,32-/m1/s1. The van der Waals surface area contributed by atoms with Crippen LogP contribution in [0.15, 0.2) is 72.8 Å². The van der Waals surface area contributed by atoms with Gasteiger partial charge in [0.15, 0.2) is 11.6 Å². The van der Waals surface area contributed by atoms with E-state index in [1.807, 2.05) is 36.4 Å². The first-order valence-corrected chi connectivity index (χ1v) is 14.8. The van der Waals surface area contributed by atoms with Crippen LogP contribution < -0.4 is 4.74 Å². The topological polar surface area (TPSA) is 9.23 Å². The molecule has 0 saturated heterocycles. The van der Waals surface area contributed by atoms with Gasteiger partial charge in [-0.2, -0.15) is 0 Å². The largest absolute Gasteiger partial charge is 0.486 e. The van der Waals surface area contributed by atoms with Gasteiger partial charge in [-0.25, -0.2) is 4.39 Å². The quantitative estimate of drug-likeness (QED) is 0.253. The fraction of sp³-hybridized carbons (Fsp3) is 0.486. The van der Waals surface area contributed by atoms with E-state index in [4.69, 9.17) is 4.74 Å². The summed E-state index contributed by atoms with van der Waals surface area (Å²) in [5, 5.41) is 0. The van der Waals surface area contributed by atoms with Gasteiger partial charge in [-0.1, -0.05) is 106 Å². The smallest absolute Gasteiger partial charge is 0.165 e. The zero-order chi connectivity index (χ0) is 25.5. The van der Waals surface area contributed by atoms with Crippen LogP contribution in [0, 0.1) is 23.6 Å². The highest BCUT2D eigenvalue weighted by Gasteiger charge is 2.35. The monoisotopic (exact) mass is 498 g/mol. The van der Waals surface area contributed by atoms with E-state index in [2.05, 4.69) is 31.2 Å². The Bertz CT molecular complexity index is 1110. The van der Waals surface area contributed by atoms with Crippen molar-refractivity contribution in [1.82, 2.24) is 0 Å². The van der Waals surface area contributed by atoms with E-state index in [9.17, 15) is 4.39 Å². The van der Waals surface area contributed by atoms with Crippen molar-refractivity contribution in [3.05, 3.63) is 89.7 Å². The van der Waals surface area contributed by atoms with E-state index in [1.54, 1.807) is 12.1 Å². The second kappa shape index (κ2) is 12.8. The number of rotatable bonds is 10. The number of fused-ring (bicyclic) bond motifs is 1. The predicted octanol–water partition coefficient (Wildman–Crippen LogP) is 10.3. The summed E-state index contributed by atoms with van der Waals surface area (Å²) in [5.74, 6) is 3.55. The molecule has 0 N–H and O–H groups in total. The van der Waals surface area contributed by atoms with Crippen molar-refractivity contribution in [3.8, 4) is 16.9 Å². The Kier molecular flexibility index (Phi) is 8.97. The molecule has 1 unspecified atom stereocenters. The van der Waals surface area contributed by atoms with E-state index in [-0.39, 0.29) is 5.82 Å². The second-order valence-corrected chi connectivity index (χ2v) is 11.6. The summed E-state index contributed by atoms with van der Waals surface area (Å²) in [6.07, 6.45) is 15.5. The Morgan fingerprint density at radius 1 is 0.757 bits per heavy atom. The molecule has 2 aliphatic carbocycles. The number of halogens is 1. The summed E-state index contributed by atoms with van der Waals surface area (Å²) >= 11 is 0. The minimum atomic E-state index is -0.309. The van der Waals surface area contributed by atoms with Crippen molar-refractivity contribution >= 4 is 0 Å². The zero-order valence-corrected chi connectivity index (χ0v) is 22.5. The minimum Gasteiger partial charge on any atom is -0.486 e. The number of benzene rings is 3. The van der Waals surface area contributed by atoms with Crippen molar-refractivity contribution in [2.75, 3.05) is 0 Å². The van der Waals surface area contributed by atoms with Crippen LogP contribution in [0.3, 0.4) is 0 Å². The highest BCUT2D eigenvalue weighted by molar-refractivity contribution is 5.64. The second-order valence-electron chi connectivity index (χ2n) is 11.6. The normalized spacial score (nSPS) is 23.4. The molecule has 4 atom stereocenters. The van der Waals surface area contributed by atoms with Crippen molar-refractivity contribution < 1.29 is 9.13 Å². The van der Waals surface area contributed by atoms with Crippen LogP contribution in [-0.2, 0) is 6.61 Å². The van der Waals surface area contributed by atoms with Crippen molar-refractivity contribution in [3.63, 3.8) is 0 Å². The summed E-state index contributed by atoms with van der Waals surface area (Å²) in [4.78, 5) is 0. The summed E-state index contributed by atoms with van der Waals surface area (Å²) in [6.45, 7) is 2.67. The Morgan fingerprint density at radius 3 is 2.30 bits per heavy atom. The van der Waals surface area contributed by atoms with Gasteiger partial charge in [0.1, 0.15) is 6.61 Å². The van der Waals surface area contributed by atoms with E-state index >= 15 is 0 Å². The average molecular weight is 499 g/mol. The average Bonchev–Trinajstić information content (AvgIpc) is 2.95. The maximum absolute atomic E-state index is 14.8. The van der Waals surface area contributed by atoms with Crippen molar-refractivity contribution in [1.29, 1.82) is 0 Å². The summed E-state index contributed by atoms with van der Waals surface area (Å²) < 4.78 is 20.5. The lowest BCUT2D eigenvalue weighted by atomic mass is 9.63. The fourth-order valence-electron chi connectivity index (χ4n) is 6.89. The first-order valence-electron chi connectivity index (χ1n) is 14.8. The molecule has 2 aliphatic rings. The third-order valence-corrected chi connectivity index (χ3v) is 9.07. The molecular weight excluding hydrogens is 455 g/mol. The Balaban J connectivity index is 1.14. The SMILES string of the molecule is CCCCCCC1CC[C@@H]2C[C@H](c3ccc(-c4ccc(OCc5ccccc5)c(F)c4)cc3)CC[C@@H]2C1. The van der Waals surface area contributed by atoms with Gasteiger partial charge in [-0.05, 0) is 90.2 Å². The number of ether oxygens (including phenoxy) is 1. The number of hydrogen-bond acceptors (Lipinski definition) is 1. The Labute approximate surface area is 223 Å². The lowest BCUT2D eigenvalue weighted by molar-refractivity contribution is 0.113. The van der Waals surface area contributed by atoms with Crippen LogP contribution in [0.1, 0.15) is 94.6 Å². The molecule has 0 bridgehead atoms. The van der Waals surface area contributed by atoms with Gasteiger partial charge >= 0.3 is 0 Å². The van der Waals surface area contributed by atoms with Crippen LogP contribution in [0.2, 0.25) is 0 Å². The molecule has 0 spiro atoms. The lowest BCUT2D eigenvalue weighted by Crippen LogP contribution is -2.30. The lowest BCUT2D eigenvalue weighted by Gasteiger charge is -2.42. The summed E-state index contributed by atoms with van der Waals surface area (Å²) in [7, 11) is 0. The first kappa shape index (κ1) is 26.0.